The van der Waals surface area contributed by atoms with Crippen molar-refractivity contribution in [3.05, 3.63) is 23.8 Å². The zero-order chi connectivity index (χ0) is 16.8. The molecule has 2 heteroatoms. The van der Waals surface area contributed by atoms with Crippen LogP contribution in [0.4, 0.5) is 0 Å². The van der Waals surface area contributed by atoms with E-state index in [1.165, 1.54) is 44.1 Å². The van der Waals surface area contributed by atoms with Crippen molar-refractivity contribution in [1.29, 1.82) is 0 Å². The molecule has 0 aromatic carbocycles. The Labute approximate surface area is 151 Å². The first-order chi connectivity index (χ1) is 12.2. The molecule has 0 radical (unpaired) electrons. The zero-order valence-corrected chi connectivity index (χ0v) is 15.4. The van der Waals surface area contributed by atoms with Gasteiger partial charge in [-0.15, -0.1) is 0 Å². The Kier molecular flexibility index (Phi) is 2.97. The number of fused-ring (bicyclic) bond motifs is 9. The van der Waals surface area contributed by atoms with E-state index in [9.17, 15) is 4.79 Å². The minimum absolute atomic E-state index is 0.0840. The molecular formula is C23H30O2. The van der Waals surface area contributed by atoms with E-state index in [0.29, 0.717) is 11.2 Å². The van der Waals surface area contributed by atoms with Crippen LogP contribution < -0.4 is 0 Å². The molecule has 25 heavy (non-hydrogen) atoms. The SMILES string of the molecule is CCC12CCC3C4CCC(=O)C=C4CCC3C1C1CC1C21C=CCO1. The van der Waals surface area contributed by atoms with Gasteiger partial charge in [-0.1, -0.05) is 24.6 Å². The smallest absolute Gasteiger partial charge is 0.155 e. The minimum atomic E-state index is 0.0840. The Morgan fingerprint density at radius 3 is 2.88 bits per heavy atom. The van der Waals surface area contributed by atoms with Gasteiger partial charge >= 0.3 is 0 Å². The molecular weight excluding hydrogens is 308 g/mol. The lowest BCUT2D eigenvalue weighted by Gasteiger charge is -2.58. The van der Waals surface area contributed by atoms with Crippen molar-refractivity contribution in [3.8, 4) is 0 Å². The maximum Gasteiger partial charge on any atom is 0.155 e. The molecule has 5 aliphatic carbocycles. The van der Waals surface area contributed by atoms with Gasteiger partial charge in [0.2, 0.25) is 0 Å². The van der Waals surface area contributed by atoms with Crippen LogP contribution in [0.15, 0.2) is 23.8 Å². The molecule has 0 aromatic rings. The molecule has 2 nitrogen and oxygen atoms in total. The Hall–Kier alpha value is -0.890. The summed E-state index contributed by atoms with van der Waals surface area (Å²) in [5.74, 6) is 5.44. The van der Waals surface area contributed by atoms with Gasteiger partial charge in [-0.25, -0.2) is 0 Å². The van der Waals surface area contributed by atoms with Gasteiger partial charge < -0.3 is 4.74 Å². The first-order valence-corrected chi connectivity index (χ1v) is 10.7. The van der Waals surface area contributed by atoms with Gasteiger partial charge in [-0.2, -0.15) is 0 Å². The third-order valence-corrected chi connectivity index (χ3v) is 9.43. The van der Waals surface area contributed by atoms with Crippen molar-refractivity contribution in [2.24, 2.45) is 40.9 Å². The quantitative estimate of drug-likeness (QED) is 0.648. The summed E-state index contributed by atoms with van der Waals surface area (Å²) in [5, 5.41) is 0. The van der Waals surface area contributed by atoms with Gasteiger partial charge in [-0.05, 0) is 86.5 Å². The Bertz CT molecular complexity index is 690. The Morgan fingerprint density at radius 2 is 2.08 bits per heavy atom. The molecule has 0 N–H and O–H groups in total. The first-order valence-electron chi connectivity index (χ1n) is 10.7. The number of carbonyl (C=O) groups excluding carboxylic acids is 1. The van der Waals surface area contributed by atoms with E-state index < -0.39 is 0 Å². The maximum atomic E-state index is 11.9. The van der Waals surface area contributed by atoms with Crippen molar-refractivity contribution in [1.82, 2.24) is 0 Å². The topological polar surface area (TPSA) is 26.3 Å². The molecule has 0 saturated heterocycles. The highest BCUT2D eigenvalue weighted by Gasteiger charge is 2.77. The number of hydrogen-bond donors (Lipinski definition) is 0. The lowest BCUT2D eigenvalue weighted by molar-refractivity contribution is -0.143. The molecule has 6 rings (SSSR count). The third-order valence-electron chi connectivity index (χ3n) is 9.43. The highest BCUT2D eigenvalue weighted by Crippen LogP contribution is 2.78. The lowest BCUT2D eigenvalue weighted by atomic mass is 9.48. The van der Waals surface area contributed by atoms with Crippen LogP contribution in [0.25, 0.3) is 0 Å². The van der Waals surface area contributed by atoms with Crippen LogP contribution in [0, 0.1) is 40.9 Å². The maximum absolute atomic E-state index is 11.9. The molecule has 4 fully saturated rings. The van der Waals surface area contributed by atoms with E-state index in [1.807, 2.05) is 6.08 Å². The van der Waals surface area contributed by atoms with E-state index in [-0.39, 0.29) is 5.60 Å². The zero-order valence-electron chi connectivity index (χ0n) is 15.4. The number of allylic oxidation sites excluding steroid dienone is 1. The summed E-state index contributed by atoms with van der Waals surface area (Å²) >= 11 is 0. The molecule has 1 heterocycles. The highest BCUT2D eigenvalue weighted by molar-refractivity contribution is 5.91. The summed E-state index contributed by atoms with van der Waals surface area (Å²) < 4.78 is 6.55. The number of ketones is 1. The predicted octanol–water partition coefficient (Wildman–Crippen LogP) is 4.70. The summed E-state index contributed by atoms with van der Waals surface area (Å²) in [7, 11) is 0. The van der Waals surface area contributed by atoms with E-state index in [2.05, 4.69) is 19.1 Å². The molecule has 8 unspecified atom stereocenters. The molecule has 6 aliphatic rings. The van der Waals surface area contributed by atoms with E-state index in [4.69, 9.17) is 4.74 Å². The van der Waals surface area contributed by atoms with Gasteiger partial charge in [0.15, 0.2) is 5.78 Å². The van der Waals surface area contributed by atoms with Crippen molar-refractivity contribution >= 4 is 5.78 Å². The monoisotopic (exact) mass is 338 g/mol. The Morgan fingerprint density at radius 1 is 1.16 bits per heavy atom. The van der Waals surface area contributed by atoms with Crippen LogP contribution in [-0.4, -0.2) is 18.0 Å². The average Bonchev–Trinajstić information content (AvgIpc) is 3.20. The second-order valence-corrected chi connectivity index (χ2v) is 9.78. The summed E-state index contributed by atoms with van der Waals surface area (Å²) in [4.78, 5) is 11.9. The molecule has 134 valence electrons. The molecule has 0 bridgehead atoms. The number of rotatable bonds is 1. The van der Waals surface area contributed by atoms with Gasteiger partial charge in [0.25, 0.3) is 0 Å². The summed E-state index contributed by atoms with van der Waals surface area (Å²) in [6, 6.07) is 0. The lowest BCUT2D eigenvalue weighted by Crippen LogP contribution is -2.56. The molecule has 1 aliphatic heterocycles. The molecule has 8 atom stereocenters. The van der Waals surface area contributed by atoms with Crippen LogP contribution in [0.1, 0.15) is 58.3 Å². The average molecular weight is 338 g/mol. The van der Waals surface area contributed by atoms with Crippen LogP contribution in [-0.2, 0) is 9.53 Å². The predicted molar refractivity (Wildman–Crippen MR) is 96.9 cm³/mol. The molecule has 0 amide bonds. The Balaban J connectivity index is 1.40. The third kappa shape index (κ3) is 1.69. The number of carbonyl (C=O) groups is 1. The molecule has 4 saturated carbocycles. The van der Waals surface area contributed by atoms with Crippen LogP contribution in [0.3, 0.4) is 0 Å². The fourth-order valence-electron chi connectivity index (χ4n) is 8.67. The van der Waals surface area contributed by atoms with E-state index in [0.717, 1.165) is 55.0 Å². The highest BCUT2D eigenvalue weighted by atomic mass is 16.5. The van der Waals surface area contributed by atoms with Crippen LogP contribution in [0.2, 0.25) is 0 Å². The second kappa shape index (κ2) is 4.88. The van der Waals surface area contributed by atoms with Crippen LogP contribution in [0.5, 0.6) is 0 Å². The van der Waals surface area contributed by atoms with Crippen molar-refractivity contribution < 1.29 is 9.53 Å². The second-order valence-electron chi connectivity index (χ2n) is 9.78. The molecule has 0 aromatic heterocycles. The number of ether oxygens (including phenoxy) is 1. The standard InChI is InChI=1S/C23H30O2/c1-2-22-10-8-17-16-7-5-15(24)12-14(16)4-6-18(17)21(22)19-13-20(19)23(22)9-3-11-25-23/h3,9,12,16-21H,2,4-8,10-11,13H2,1H3. The largest absolute Gasteiger partial charge is 0.366 e. The first kappa shape index (κ1) is 15.2. The van der Waals surface area contributed by atoms with Gasteiger partial charge in [-0.3, -0.25) is 4.79 Å². The summed E-state index contributed by atoms with van der Waals surface area (Å²) in [6.07, 6.45) is 16.7. The van der Waals surface area contributed by atoms with Crippen LogP contribution >= 0.6 is 0 Å². The van der Waals surface area contributed by atoms with Crippen molar-refractivity contribution in [2.75, 3.05) is 6.61 Å². The van der Waals surface area contributed by atoms with Gasteiger partial charge in [0.1, 0.15) is 0 Å². The van der Waals surface area contributed by atoms with Gasteiger partial charge in [0, 0.05) is 11.8 Å². The normalized spacial score (nSPS) is 55.4. The van der Waals surface area contributed by atoms with Crippen molar-refractivity contribution in [2.45, 2.75) is 63.9 Å². The van der Waals surface area contributed by atoms with Gasteiger partial charge in [0.05, 0.1) is 12.2 Å². The minimum Gasteiger partial charge on any atom is -0.366 e. The van der Waals surface area contributed by atoms with E-state index in [1.54, 1.807) is 0 Å². The van der Waals surface area contributed by atoms with E-state index >= 15 is 0 Å². The van der Waals surface area contributed by atoms with Crippen molar-refractivity contribution in [3.63, 3.8) is 0 Å². The summed E-state index contributed by atoms with van der Waals surface area (Å²) in [5.41, 5.74) is 2.00. The number of hydrogen-bond acceptors (Lipinski definition) is 2. The fraction of sp³-hybridized carbons (Fsp3) is 0.783. The molecule has 1 spiro atoms. The fourth-order valence-corrected chi connectivity index (χ4v) is 8.67. The summed E-state index contributed by atoms with van der Waals surface area (Å²) in [6.45, 7) is 3.27.